The lowest BCUT2D eigenvalue weighted by molar-refractivity contribution is 0.598. The van der Waals surface area contributed by atoms with Gasteiger partial charge in [0.1, 0.15) is 0 Å². The Morgan fingerprint density at radius 3 is 2.53 bits per heavy atom. The summed E-state index contributed by atoms with van der Waals surface area (Å²) in [4.78, 5) is 2.69. The predicted octanol–water partition coefficient (Wildman–Crippen LogP) is 3.25. The average molecular weight is 273 g/mol. The van der Waals surface area contributed by atoms with Gasteiger partial charge in [0, 0.05) is 43.6 Å². The molecule has 0 aliphatic rings. The Balaban J connectivity index is 2.35. The number of rotatable bonds is 5. The fourth-order valence-corrected chi connectivity index (χ4v) is 3.28. The van der Waals surface area contributed by atoms with Gasteiger partial charge >= 0.3 is 0 Å². The van der Waals surface area contributed by atoms with Gasteiger partial charge in [-0.05, 0) is 46.8 Å². The van der Waals surface area contributed by atoms with E-state index in [1.165, 1.54) is 9.75 Å². The van der Waals surface area contributed by atoms with E-state index < -0.39 is 10.8 Å². The fourth-order valence-electron chi connectivity index (χ4n) is 1.46. The normalized spacial score (nSPS) is 15.8. The molecule has 2 atom stereocenters. The van der Waals surface area contributed by atoms with Crippen LogP contribution in [0, 0.1) is 6.92 Å². The molecule has 0 amide bonds. The number of thiophene rings is 1. The van der Waals surface area contributed by atoms with E-state index in [2.05, 4.69) is 31.3 Å². The Hall–Kier alpha value is -0.190. The van der Waals surface area contributed by atoms with Crippen LogP contribution in [-0.4, -0.2) is 21.3 Å². The van der Waals surface area contributed by atoms with Crippen LogP contribution in [0.25, 0.3) is 0 Å². The van der Waals surface area contributed by atoms with Crippen LogP contribution in [0.4, 0.5) is 0 Å². The Kier molecular flexibility index (Phi) is 5.35. The van der Waals surface area contributed by atoms with Crippen LogP contribution in [0.5, 0.6) is 0 Å². The molecule has 0 aliphatic carbocycles. The Bertz CT molecular complexity index is 379. The van der Waals surface area contributed by atoms with Crippen molar-refractivity contribution in [1.29, 1.82) is 0 Å². The van der Waals surface area contributed by atoms with Gasteiger partial charge in [0.25, 0.3) is 0 Å². The number of nitrogens with one attached hydrogen (secondary N) is 1. The van der Waals surface area contributed by atoms with Crippen molar-refractivity contribution >= 4 is 22.1 Å². The highest BCUT2D eigenvalue weighted by Crippen LogP contribution is 2.22. The molecule has 0 aliphatic heterocycles. The molecule has 0 aromatic carbocycles. The first-order valence-corrected chi connectivity index (χ1v) is 8.12. The van der Waals surface area contributed by atoms with Crippen LogP contribution in [0.2, 0.25) is 0 Å². The quantitative estimate of drug-likeness (QED) is 0.892. The van der Waals surface area contributed by atoms with Gasteiger partial charge in [-0.3, -0.25) is 4.21 Å². The zero-order chi connectivity index (χ0) is 13.1. The molecule has 1 aromatic rings. The first kappa shape index (κ1) is 14.9. The molecule has 17 heavy (non-hydrogen) atoms. The van der Waals surface area contributed by atoms with Crippen molar-refractivity contribution in [3.05, 3.63) is 21.9 Å². The maximum atomic E-state index is 11.9. The average Bonchev–Trinajstić information content (AvgIpc) is 2.63. The third-order valence-corrected chi connectivity index (χ3v) is 5.73. The molecule has 4 heteroatoms. The fraction of sp³-hybridized carbons (Fsp3) is 0.692. The minimum absolute atomic E-state index is 0.107. The Labute approximate surface area is 111 Å². The molecule has 0 saturated heterocycles. The first-order chi connectivity index (χ1) is 7.80. The second kappa shape index (κ2) is 6.12. The molecule has 0 radical (unpaired) electrons. The van der Waals surface area contributed by atoms with Crippen molar-refractivity contribution in [2.75, 3.05) is 12.3 Å². The zero-order valence-electron chi connectivity index (χ0n) is 11.4. The summed E-state index contributed by atoms with van der Waals surface area (Å²) in [5.41, 5.74) is 0. The molecule has 1 N–H and O–H groups in total. The van der Waals surface area contributed by atoms with E-state index in [1.54, 1.807) is 0 Å². The van der Waals surface area contributed by atoms with Gasteiger partial charge in [0.2, 0.25) is 0 Å². The third-order valence-electron chi connectivity index (χ3n) is 2.61. The Morgan fingerprint density at radius 1 is 1.41 bits per heavy atom. The molecule has 0 fully saturated rings. The summed E-state index contributed by atoms with van der Waals surface area (Å²) >= 11 is 1.82. The lowest BCUT2D eigenvalue weighted by Crippen LogP contribution is -2.30. The maximum absolute atomic E-state index is 11.9. The lowest BCUT2D eigenvalue weighted by Gasteiger charge is -2.19. The summed E-state index contributed by atoms with van der Waals surface area (Å²) in [6.45, 7) is 11.2. The van der Waals surface area contributed by atoms with Crippen LogP contribution < -0.4 is 5.32 Å². The van der Waals surface area contributed by atoms with E-state index in [0.717, 1.165) is 12.3 Å². The first-order valence-electron chi connectivity index (χ1n) is 5.99. The highest BCUT2D eigenvalue weighted by molar-refractivity contribution is 7.86. The monoisotopic (exact) mass is 273 g/mol. The Morgan fingerprint density at radius 2 is 2.06 bits per heavy atom. The summed E-state index contributed by atoms with van der Waals surface area (Å²) in [6.07, 6.45) is 0. The number of aryl methyl sites for hydroxylation is 1. The van der Waals surface area contributed by atoms with E-state index >= 15 is 0 Å². The van der Waals surface area contributed by atoms with E-state index in [9.17, 15) is 4.21 Å². The van der Waals surface area contributed by atoms with Crippen molar-refractivity contribution in [3.8, 4) is 0 Å². The number of hydrogen-bond donors (Lipinski definition) is 1. The second-order valence-electron chi connectivity index (χ2n) is 5.29. The zero-order valence-corrected chi connectivity index (χ0v) is 13.0. The van der Waals surface area contributed by atoms with E-state index in [1.807, 2.05) is 32.1 Å². The third kappa shape index (κ3) is 4.90. The topological polar surface area (TPSA) is 29.1 Å². The van der Waals surface area contributed by atoms with Crippen molar-refractivity contribution in [3.63, 3.8) is 0 Å². The summed E-state index contributed by atoms with van der Waals surface area (Å²) < 4.78 is 11.8. The SMILES string of the molecule is Cc1ccc([C@H](C)NCC[S@](=O)C(C)(C)C)s1. The van der Waals surface area contributed by atoms with Crippen LogP contribution in [0.3, 0.4) is 0 Å². The maximum Gasteiger partial charge on any atom is 0.0386 e. The van der Waals surface area contributed by atoms with Gasteiger partial charge < -0.3 is 5.32 Å². The number of hydrogen-bond acceptors (Lipinski definition) is 3. The minimum Gasteiger partial charge on any atom is -0.309 e. The summed E-state index contributed by atoms with van der Waals surface area (Å²) in [7, 11) is -0.764. The van der Waals surface area contributed by atoms with E-state index in [4.69, 9.17) is 0 Å². The summed E-state index contributed by atoms with van der Waals surface area (Å²) in [6, 6.07) is 4.66. The standard InChI is InChI=1S/C13H23NOS2/c1-10-6-7-12(16-10)11(2)14-8-9-17(15)13(3,4)5/h6-7,11,14H,8-9H2,1-5H3/t11-,17-/m0/s1. The molecular formula is C13H23NOS2. The van der Waals surface area contributed by atoms with E-state index in [0.29, 0.717) is 6.04 Å². The second-order valence-corrected chi connectivity index (χ2v) is 8.93. The molecule has 98 valence electrons. The molecule has 2 nitrogen and oxygen atoms in total. The van der Waals surface area contributed by atoms with Gasteiger partial charge in [-0.25, -0.2) is 0 Å². The summed E-state index contributed by atoms with van der Waals surface area (Å²) in [5, 5.41) is 3.43. The molecule has 0 saturated carbocycles. The smallest absolute Gasteiger partial charge is 0.0386 e. The van der Waals surface area contributed by atoms with Gasteiger partial charge in [0.05, 0.1) is 0 Å². The minimum atomic E-state index is -0.764. The molecule has 0 bridgehead atoms. The van der Waals surface area contributed by atoms with Gasteiger partial charge in [-0.1, -0.05) is 0 Å². The van der Waals surface area contributed by atoms with Crippen LogP contribution in [0.15, 0.2) is 12.1 Å². The van der Waals surface area contributed by atoms with Gasteiger partial charge in [-0.15, -0.1) is 11.3 Å². The van der Waals surface area contributed by atoms with Crippen LogP contribution >= 0.6 is 11.3 Å². The van der Waals surface area contributed by atoms with Crippen molar-refractivity contribution in [1.82, 2.24) is 5.32 Å². The van der Waals surface area contributed by atoms with Gasteiger partial charge in [-0.2, -0.15) is 0 Å². The molecule has 1 aromatic heterocycles. The molecule has 0 spiro atoms. The largest absolute Gasteiger partial charge is 0.309 e. The predicted molar refractivity (Wildman–Crippen MR) is 78.2 cm³/mol. The highest BCUT2D eigenvalue weighted by atomic mass is 32.2. The molecule has 0 unspecified atom stereocenters. The van der Waals surface area contributed by atoms with Crippen molar-refractivity contribution in [2.45, 2.75) is 45.4 Å². The summed E-state index contributed by atoms with van der Waals surface area (Å²) in [5.74, 6) is 0.720. The van der Waals surface area contributed by atoms with Crippen molar-refractivity contribution in [2.24, 2.45) is 0 Å². The molecule has 1 rings (SSSR count). The molecule has 1 heterocycles. The van der Waals surface area contributed by atoms with Crippen LogP contribution in [0.1, 0.15) is 43.5 Å². The lowest BCUT2D eigenvalue weighted by atomic mass is 10.3. The van der Waals surface area contributed by atoms with E-state index in [-0.39, 0.29) is 4.75 Å². The highest BCUT2D eigenvalue weighted by Gasteiger charge is 2.18. The van der Waals surface area contributed by atoms with Gasteiger partial charge in [0.15, 0.2) is 0 Å². The van der Waals surface area contributed by atoms with Crippen molar-refractivity contribution < 1.29 is 4.21 Å². The molecular weight excluding hydrogens is 250 g/mol. The van der Waals surface area contributed by atoms with Crippen LogP contribution in [-0.2, 0) is 10.8 Å².